The summed E-state index contributed by atoms with van der Waals surface area (Å²) >= 11 is 4.06. The number of rotatable bonds is 1. The predicted molar refractivity (Wildman–Crippen MR) is 46.3 cm³/mol. The van der Waals surface area contributed by atoms with Crippen LogP contribution < -0.4 is 0 Å². The fourth-order valence-electron chi connectivity index (χ4n) is 1.12. The first-order chi connectivity index (χ1) is 6.02. The van der Waals surface area contributed by atoms with Crippen LogP contribution in [0.1, 0.15) is 6.92 Å². The Hall–Kier alpha value is -0.300. The first-order valence-electron chi connectivity index (χ1n) is 3.85. The molecule has 0 spiro atoms. The number of thiol groups is 1. The number of carbonyl (C=O) groups excluding carboxylic acids is 1. The second-order valence-corrected chi connectivity index (χ2v) is 3.52. The molecule has 76 valence electrons. The maximum atomic E-state index is 10.6. The van der Waals surface area contributed by atoms with Crippen LogP contribution in [0.3, 0.4) is 0 Å². The molecule has 0 aliphatic carbocycles. The maximum absolute atomic E-state index is 10.6. The van der Waals surface area contributed by atoms with E-state index in [4.69, 9.17) is 14.6 Å². The SMILES string of the molecule is CC(=O)O[C@@H]1[C@H](O)[C@@H](O)OC[C@H]1S. The minimum Gasteiger partial charge on any atom is -0.458 e. The zero-order chi connectivity index (χ0) is 10.0. The van der Waals surface area contributed by atoms with Gasteiger partial charge in [-0.3, -0.25) is 4.79 Å². The molecule has 0 aromatic rings. The van der Waals surface area contributed by atoms with Crippen molar-refractivity contribution in [2.24, 2.45) is 0 Å². The van der Waals surface area contributed by atoms with Gasteiger partial charge in [0.2, 0.25) is 0 Å². The molecule has 1 saturated heterocycles. The third kappa shape index (κ3) is 2.57. The van der Waals surface area contributed by atoms with Crippen LogP contribution in [0.5, 0.6) is 0 Å². The molecule has 1 rings (SSSR count). The molecule has 0 unspecified atom stereocenters. The minimum atomic E-state index is -1.31. The molecule has 0 saturated carbocycles. The highest BCUT2D eigenvalue weighted by atomic mass is 32.1. The van der Waals surface area contributed by atoms with E-state index in [1.807, 2.05) is 0 Å². The molecule has 13 heavy (non-hydrogen) atoms. The molecule has 0 bridgehead atoms. The average molecular weight is 208 g/mol. The Labute approximate surface area is 81.1 Å². The van der Waals surface area contributed by atoms with Crippen molar-refractivity contribution in [2.45, 2.75) is 30.7 Å². The first kappa shape index (κ1) is 10.8. The number of hydrogen-bond donors (Lipinski definition) is 3. The van der Waals surface area contributed by atoms with Gasteiger partial charge in [-0.15, -0.1) is 0 Å². The van der Waals surface area contributed by atoms with Crippen LogP contribution in [0, 0.1) is 0 Å². The molecule has 0 amide bonds. The summed E-state index contributed by atoms with van der Waals surface area (Å²) in [5.41, 5.74) is 0. The number of carbonyl (C=O) groups is 1. The Kier molecular flexibility index (Phi) is 3.55. The first-order valence-corrected chi connectivity index (χ1v) is 4.37. The van der Waals surface area contributed by atoms with E-state index in [9.17, 15) is 9.90 Å². The van der Waals surface area contributed by atoms with Gasteiger partial charge in [0.25, 0.3) is 0 Å². The molecule has 0 radical (unpaired) electrons. The lowest BCUT2D eigenvalue weighted by molar-refractivity contribution is -0.224. The third-order valence-corrected chi connectivity index (χ3v) is 2.19. The normalized spacial score (nSPS) is 40.0. The van der Waals surface area contributed by atoms with E-state index in [0.29, 0.717) is 0 Å². The molecule has 0 aromatic heterocycles. The van der Waals surface area contributed by atoms with E-state index in [2.05, 4.69) is 12.6 Å². The van der Waals surface area contributed by atoms with Crippen LogP contribution in [0.2, 0.25) is 0 Å². The van der Waals surface area contributed by atoms with Crippen LogP contribution in [0.15, 0.2) is 0 Å². The topological polar surface area (TPSA) is 76.0 Å². The summed E-state index contributed by atoms with van der Waals surface area (Å²) in [7, 11) is 0. The highest BCUT2D eigenvalue weighted by Crippen LogP contribution is 2.20. The standard InChI is InChI=1S/C7H12O5S/c1-3(8)12-6-4(13)2-11-7(10)5(6)9/h4-7,9-10,13H,2H2,1H3/t4-,5+,6+,7+/m1/s1. The van der Waals surface area contributed by atoms with Gasteiger partial charge in [0.1, 0.15) is 12.2 Å². The van der Waals surface area contributed by atoms with Crippen molar-refractivity contribution in [1.82, 2.24) is 0 Å². The van der Waals surface area contributed by atoms with Crippen LogP contribution in [0.4, 0.5) is 0 Å². The summed E-state index contributed by atoms with van der Waals surface area (Å²) in [5, 5.41) is 18.0. The predicted octanol–water partition coefficient (Wildman–Crippen LogP) is -1.07. The van der Waals surface area contributed by atoms with Crippen molar-refractivity contribution in [2.75, 3.05) is 6.61 Å². The van der Waals surface area contributed by atoms with Gasteiger partial charge < -0.3 is 19.7 Å². The van der Waals surface area contributed by atoms with E-state index < -0.39 is 29.7 Å². The van der Waals surface area contributed by atoms with Crippen molar-refractivity contribution in [3.05, 3.63) is 0 Å². The average Bonchev–Trinajstić information content (AvgIpc) is 2.05. The van der Waals surface area contributed by atoms with Crippen molar-refractivity contribution in [3.63, 3.8) is 0 Å². The van der Waals surface area contributed by atoms with Crippen molar-refractivity contribution in [1.29, 1.82) is 0 Å². The smallest absolute Gasteiger partial charge is 0.303 e. The van der Waals surface area contributed by atoms with Crippen LogP contribution in [-0.4, -0.2) is 46.5 Å². The van der Waals surface area contributed by atoms with E-state index in [1.165, 1.54) is 6.92 Å². The highest BCUT2D eigenvalue weighted by Gasteiger charge is 2.39. The number of aliphatic hydroxyl groups is 2. The lowest BCUT2D eigenvalue weighted by atomic mass is 10.1. The second-order valence-electron chi connectivity index (χ2n) is 2.86. The monoisotopic (exact) mass is 208 g/mol. The van der Waals surface area contributed by atoms with Crippen LogP contribution in [0.25, 0.3) is 0 Å². The van der Waals surface area contributed by atoms with E-state index in [-0.39, 0.29) is 6.61 Å². The van der Waals surface area contributed by atoms with Gasteiger partial charge in [0.05, 0.1) is 11.9 Å². The lowest BCUT2D eigenvalue weighted by Crippen LogP contribution is -2.52. The van der Waals surface area contributed by atoms with Crippen LogP contribution in [-0.2, 0) is 14.3 Å². The molecule has 2 N–H and O–H groups in total. The van der Waals surface area contributed by atoms with Gasteiger partial charge in [-0.2, -0.15) is 12.6 Å². The van der Waals surface area contributed by atoms with Gasteiger partial charge in [0.15, 0.2) is 6.29 Å². The molecule has 5 nitrogen and oxygen atoms in total. The van der Waals surface area contributed by atoms with Gasteiger partial charge in [-0.25, -0.2) is 0 Å². The molecule has 1 aliphatic heterocycles. The number of esters is 1. The highest BCUT2D eigenvalue weighted by molar-refractivity contribution is 7.81. The Bertz CT molecular complexity index is 197. The molecule has 1 aliphatic rings. The summed E-state index contributed by atoms with van der Waals surface area (Å²) in [6, 6.07) is 0. The van der Waals surface area contributed by atoms with E-state index in [0.717, 1.165) is 0 Å². The quantitative estimate of drug-likeness (QED) is 0.378. The number of hydrogen-bond acceptors (Lipinski definition) is 6. The lowest BCUT2D eigenvalue weighted by Gasteiger charge is -2.34. The fraction of sp³-hybridized carbons (Fsp3) is 0.857. The molecule has 1 fully saturated rings. The number of ether oxygens (including phenoxy) is 2. The zero-order valence-electron chi connectivity index (χ0n) is 7.08. The molecule has 4 atom stereocenters. The Balaban J connectivity index is 2.60. The van der Waals surface area contributed by atoms with Gasteiger partial charge in [0, 0.05) is 6.92 Å². The van der Waals surface area contributed by atoms with Gasteiger partial charge in [-0.1, -0.05) is 0 Å². The van der Waals surface area contributed by atoms with E-state index >= 15 is 0 Å². The fourth-order valence-corrected chi connectivity index (χ4v) is 1.44. The second kappa shape index (κ2) is 4.28. The molecular formula is C7H12O5S. The summed E-state index contributed by atoms with van der Waals surface area (Å²) in [5.74, 6) is -0.516. The maximum Gasteiger partial charge on any atom is 0.303 e. The molecule has 1 heterocycles. The summed E-state index contributed by atoms with van der Waals surface area (Å²) < 4.78 is 9.53. The Morgan fingerprint density at radius 2 is 2.23 bits per heavy atom. The summed E-state index contributed by atoms with van der Waals surface area (Å²) in [6.45, 7) is 1.37. The minimum absolute atomic E-state index is 0.138. The van der Waals surface area contributed by atoms with Gasteiger partial charge in [-0.05, 0) is 0 Å². The van der Waals surface area contributed by atoms with E-state index in [1.54, 1.807) is 0 Å². The van der Waals surface area contributed by atoms with Crippen LogP contribution >= 0.6 is 12.6 Å². The number of aliphatic hydroxyl groups excluding tert-OH is 2. The largest absolute Gasteiger partial charge is 0.458 e. The Morgan fingerprint density at radius 3 is 2.77 bits per heavy atom. The molecule has 6 heteroatoms. The van der Waals surface area contributed by atoms with Gasteiger partial charge >= 0.3 is 5.97 Å². The molecule has 0 aromatic carbocycles. The Morgan fingerprint density at radius 1 is 1.62 bits per heavy atom. The van der Waals surface area contributed by atoms with Crippen molar-refractivity contribution < 1.29 is 24.5 Å². The summed E-state index contributed by atoms with van der Waals surface area (Å²) in [4.78, 5) is 10.6. The zero-order valence-corrected chi connectivity index (χ0v) is 7.98. The third-order valence-electron chi connectivity index (χ3n) is 1.75. The van der Waals surface area contributed by atoms with Crippen molar-refractivity contribution in [3.8, 4) is 0 Å². The summed E-state index contributed by atoms with van der Waals surface area (Å²) in [6.07, 6.45) is -3.36. The molecular weight excluding hydrogens is 196 g/mol. The van der Waals surface area contributed by atoms with Crippen molar-refractivity contribution >= 4 is 18.6 Å².